The largest absolute Gasteiger partial charge is 0.310 e. The number of halogens is 4. The van der Waals surface area contributed by atoms with Crippen LogP contribution in [0.3, 0.4) is 0 Å². The maximum Gasteiger partial charge on any atom is 0.141 e. The highest BCUT2D eigenvalue weighted by atomic mass is 79.9. The second-order valence-corrected chi connectivity index (χ2v) is 6.45. The summed E-state index contributed by atoms with van der Waals surface area (Å²) < 4.78 is 14.3. The molecule has 0 aliphatic carbocycles. The first-order chi connectivity index (χ1) is 10.0. The fourth-order valence-corrected chi connectivity index (χ4v) is 3.13. The van der Waals surface area contributed by atoms with E-state index in [9.17, 15) is 4.39 Å². The Hall–Kier alpha value is -0.610. The summed E-state index contributed by atoms with van der Waals surface area (Å²) in [5.74, 6) is -0.405. The third-order valence-corrected chi connectivity index (χ3v) is 4.37. The van der Waals surface area contributed by atoms with Crippen molar-refractivity contribution in [1.29, 1.82) is 0 Å². The fraction of sp³-hybridized carbons (Fsp3) is 0.250. The Labute approximate surface area is 142 Å². The fourth-order valence-electron chi connectivity index (χ4n) is 2.19. The molecule has 0 radical (unpaired) electrons. The van der Waals surface area contributed by atoms with Crippen LogP contribution in [0.2, 0.25) is 10.0 Å². The Morgan fingerprint density at radius 1 is 1.14 bits per heavy atom. The van der Waals surface area contributed by atoms with Gasteiger partial charge in [0.25, 0.3) is 0 Å². The predicted molar refractivity (Wildman–Crippen MR) is 90.7 cm³/mol. The molecule has 1 N–H and O–H groups in total. The van der Waals surface area contributed by atoms with Crippen LogP contribution in [0.15, 0.2) is 40.9 Å². The SMILES string of the molecule is CCNC(Cc1ccc(Br)cc1Cl)c1ccc(F)c(Cl)c1. The van der Waals surface area contributed by atoms with E-state index >= 15 is 0 Å². The number of likely N-dealkylation sites (N-methyl/N-ethyl adjacent to an activating group) is 1. The van der Waals surface area contributed by atoms with Crippen molar-refractivity contribution >= 4 is 39.1 Å². The molecule has 21 heavy (non-hydrogen) atoms. The van der Waals surface area contributed by atoms with Gasteiger partial charge in [-0.05, 0) is 48.4 Å². The van der Waals surface area contributed by atoms with Crippen molar-refractivity contribution in [2.45, 2.75) is 19.4 Å². The molecule has 0 amide bonds. The lowest BCUT2D eigenvalue weighted by Crippen LogP contribution is -2.23. The molecule has 0 spiro atoms. The summed E-state index contributed by atoms with van der Waals surface area (Å²) in [6, 6.07) is 10.7. The zero-order valence-electron chi connectivity index (χ0n) is 11.5. The Morgan fingerprint density at radius 2 is 1.90 bits per heavy atom. The second-order valence-electron chi connectivity index (χ2n) is 4.72. The highest BCUT2D eigenvalue weighted by Crippen LogP contribution is 2.28. The van der Waals surface area contributed by atoms with Gasteiger partial charge in [-0.15, -0.1) is 0 Å². The van der Waals surface area contributed by atoms with Crippen LogP contribution in [-0.2, 0) is 6.42 Å². The van der Waals surface area contributed by atoms with Crippen LogP contribution in [0.25, 0.3) is 0 Å². The molecule has 0 saturated heterocycles. The molecule has 0 aliphatic heterocycles. The molecule has 2 aromatic rings. The lowest BCUT2D eigenvalue weighted by atomic mass is 9.98. The molecule has 0 saturated carbocycles. The zero-order chi connectivity index (χ0) is 15.4. The number of hydrogen-bond acceptors (Lipinski definition) is 1. The quantitative estimate of drug-likeness (QED) is 0.681. The summed E-state index contributed by atoms with van der Waals surface area (Å²) in [4.78, 5) is 0. The predicted octanol–water partition coefficient (Wildman–Crippen LogP) is 5.79. The first-order valence-electron chi connectivity index (χ1n) is 6.63. The van der Waals surface area contributed by atoms with Gasteiger partial charge < -0.3 is 5.32 Å². The van der Waals surface area contributed by atoms with Gasteiger partial charge in [0.15, 0.2) is 0 Å². The summed E-state index contributed by atoms with van der Waals surface area (Å²) in [5, 5.41) is 4.23. The molecule has 0 aliphatic rings. The minimum atomic E-state index is -0.405. The van der Waals surface area contributed by atoms with Crippen LogP contribution < -0.4 is 5.32 Å². The molecule has 2 rings (SSSR count). The number of benzene rings is 2. The summed E-state index contributed by atoms with van der Waals surface area (Å²) in [7, 11) is 0. The third-order valence-electron chi connectivity index (χ3n) is 3.24. The minimum absolute atomic E-state index is 0.0341. The molecule has 112 valence electrons. The normalized spacial score (nSPS) is 12.4. The molecule has 1 nitrogen and oxygen atoms in total. The highest BCUT2D eigenvalue weighted by molar-refractivity contribution is 9.10. The van der Waals surface area contributed by atoms with E-state index in [1.807, 2.05) is 25.1 Å². The minimum Gasteiger partial charge on any atom is -0.310 e. The van der Waals surface area contributed by atoms with Crippen molar-refractivity contribution in [1.82, 2.24) is 5.32 Å². The van der Waals surface area contributed by atoms with Crippen molar-refractivity contribution in [2.24, 2.45) is 0 Å². The second kappa shape index (κ2) is 7.59. The van der Waals surface area contributed by atoms with E-state index in [1.165, 1.54) is 6.07 Å². The van der Waals surface area contributed by atoms with Gasteiger partial charge in [-0.25, -0.2) is 4.39 Å². The first kappa shape index (κ1) is 16.8. The molecule has 5 heteroatoms. The summed E-state index contributed by atoms with van der Waals surface area (Å²) >= 11 is 15.5. The zero-order valence-corrected chi connectivity index (χ0v) is 14.6. The van der Waals surface area contributed by atoms with Crippen LogP contribution in [0.1, 0.15) is 24.1 Å². The van der Waals surface area contributed by atoms with E-state index in [0.29, 0.717) is 11.4 Å². The van der Waals surface area contributed by atoms with E-state index < -0.39 is 5.82 Å². The molecule has 1 unspecified atom stereocenters. The van der Waals surface area contributed by atoms with Crippen LogP contribution >= 0.6 is 39.1 Å². The maximum atomic E-state index is 13.3. The Morgan fingerprint density at radius 3 is 2.52 bits per heavy atom. The van der Waals surface area contributed by atoms with E-state index in [-0.39, 0.29) is 11.1 Å². The molecule has 0 heterocycles. The van der Waals surface area contributed by atoms with Gasteiger partial charge in [-0.2, -0.15) is 0 Å². The van der Waals surface area contributed by atoms with Crippen molar-refractivity contribution in [3.8, 4) is 0 Å². The Balaban J connectivity index is 2.28. The van der Waals surface area contributed by atoms with Crippen molar-refractivity contribution in [3.63, 3.8) is 0 Å². The lowest BCUT2D eigenvalue weighted by Gasteiger charge is -2.19. The average Bonchev–Trinajstić information content (AvgIpc) is 2.44. The monoisotopic (exact) mass is 389 g/mol. The van der Waals surface area contributed by atoms with E-state index in [0.717, 1.165) is 22.1 Å². The van der Waals surface area contributed by atoms with Gasteiger partial charge in [0.1, 0.15) is 5.82 Å². The van der Waals surface area contributed by atoms with E-state index in [2.05, 4.69) is 21.2 Å². The van der Waals surface area contributed by atoms with Gasteiger partial charge >= 0.3 is 0 Å². The van der Waals surface area contributed by atoms with Crippen LogP contribution in [0.4, 0.5) is 4.39 Å². The molecule has 1 atom stereocenters. The molecular weight excluding hydrogens is 376 g/mol. The van der Waals surface area contributed by atoms with Gasteiger partial charge in [0.05, 0.1) is 5.02 Å². The molecule has 0 bridgehead atoms. The van der Waals surface area contributed by atoms with Crippen LogP contribution in [0.5, 0.6) is 0 Å². The topological polar surface area (TPSA) is 12.0 Å². The standard InChI is InChI=1S/C16H15BrCl2FN/c1-2-21-16(11-4-6-15(20)14(19)7-11)8-10-3-5-12(17)9-13(10)18/h3-7,9,16,21H,2,8H2,1H3. The number of rotatable bonds is 5. The molecule has 0 aromatic heterocycles. The average molecular weight is 391 g/mol. The maximum absolute atomic E-state index is 13.3. The van der Waals surface area contributed by atoms with Gasteiger partial charge in [-0.1, -0.05) is 58.2 Å². The lowest BCUT2D eigenvalue weighted by molar-refractivity contribution is 0.547. The van der Waals surface area contributed by atoms with Crippen molar-refractivity contribution < 1.29 is 4.39 Å². The molecular formula is C16H15BrCl2FN. The van der Waals surface area contributed by atoms with E-state index in [4.69, 9.17) is 23.2 Å². The highest BCUT2D eigenvalue weighted by Gasteiger charge is 2.15. The van der Waals surface area contributed by atoms with Gasteiger partial charge in [-0.3, -0.25) is 0 Å². The molecule has 0 fully saturated rings. The van der Waals surface area contributed by atoms with Gasteiger partial charge in [0.2, 0.25) is 0 Å². The number of nitrogens with one attached hydrogen (secondary N) is 1. The first-order valence-corrected chi connectivity index (χ1v) is 8.18. The van der Waals surface area contributed by atoms with Crippen LogP contribution in [-0.4, -0.2) is 6.54 Å². The Bertz CT molecular complexity index is 634. The third kappa shape index (κ3) is 4.43. The smallest absolute Gasteiger partial charge is 0.141 e. The Kier molecular flexibility index (Phi) is 6.06. The van der Waals surface area contributed by atoms with Crippen molar-refractivity contribution in [3.05, 3.63) is 67.9 Å². The summed E-state index contributed by atoms with van der Waals surface area (Å²) in [5.41, 5.74) is 1.98. The number of hydrogen-bond donors (Lipinski definition) is 1. The van der Waals surface area contributed by atoms with Crippen LogP contribution in [0, 0.1) is 5.82 Å². The van der Waals surface area contributed by atoms with Crippen molar-refractivity contribution in [2.75, 3.05) is 6.54 Å². The van der Waals surface area contributed by atoms with Gasteiger partial charge in [0, 0.05) is 15.5 Å². The molecule has 2 aromatic carbocycles. The van der Waals surface area contributed by atoms with E-state index in [1.54, 1.807) is 12.1 Å². The summed E-state index contributed by atoms with van der Waals surface area (Å²) in [6.07, 6.45) is 0.710. The summed E-state index contributed by atoms with van der Waals surface area (Å²) in [6.45, 7) is 2.83.